The van der Waals surface area contributed by atoms with Crippen LogP contribution in [0.15, 0.2) is 10.5 Å². The van der Waals surface area contributed by atoms with Crippen molar-refractivity contribution in [2.45, 2.75) is 44.0 Å². The van der Waals surface area contributed by atoms with Crippen LogP contribution in [0.25, 0.3) is 0 Å². The number of carboxylic acids is 1. The SMILES string of the molecule is CSC1CCC(NC(=O)NCc2cc(C(=O)O)c(C)o2)C1. The van der Waals surface area contributed by atoms with Gasteiger partial charge in [0, 0.05) is 11.3 Å². The number of aromatic carboxylic acids is 1. The molecule has 1 aliphatic carbocycles. The van der Waals surface area contributed by atoms with Gasteiger partial charge in [-0.15, -0.1) is 0 Å². The van der Waals surface area contributed by atoms with Crippen molar-refractivity contribution in [3.63, 3.8) is 0 Å². The number of amides is 2. The minimum Gasteiger partial charge on any atom is -0.478 e. The van der Waals surface area contributed by atoms with Crippen molar-refractivity contribution in [3.05, 3.63) is 23.2 Å². The summed E-state index contributed by atoms with van der Waals surface area (Å²) in [5.41, 5.74) is 0.130. The fraction of sp³-hybridized carbons (Fsp3) is 0.571. The molecule has 0 radical (unpaired) electrons. The van der Waals surface area contributed by atoms with Crippen molar-refractivity contribution in [2.75, 3.05) is 6.26 Å². The van der Waals surface area contributed by atoms with E-state index in [1.54, 1.807) is 6.92 Å². The van der Waals surface area contributed by atoms with Crippen molar-refractivity contribution >= 4 is 23.8 Å². The molecule has 21 heavy (non-hydrogen) atoms. The molecule has 0 spiro atoms. The van der Waals surface area contributed by atoms with Crippen LogP contribution in [0.2, 0.25) is 0 Å². The van der Waals surface area contributed by atoms with Crippen LogP contribution >= 0.6 is 11.8 Å². The average Bonchev–Trinajstić information content (AvgIpc) is 3.03. The molecule has 3 N–H and O–H groups in total. The normalized spacial score (nSPS) is 21.2. The maximum atomic E-state index is 11.8. The maximum Gasteiger partial charge on any atom is 0.339 e. The van der Waals surface area contributed by atoms with Crippen molar-refractivity contribution in [2.24, 2.45) is 0 Å². The average molecular weight is 312 g/mol. The largest absolute Gasteiger partial charge is 0.478 e. The van der Waals surface area contributed by atoms with Crippen molar-refractivity contribution in [1.82, 2.24) is 10.6 Å². The molecule has 2 rings (SSSR count). The molecule has 1 aromatic rings. The third-order valence-electron chi connectivity index (χ3n) is 3.68. The lowest BCUT2D eigenvalue weighted by molar-refractivity contribution is 0.0695. The molecule has 2 unspecified atom stereocenters. The zero-order valence-corrected chi connectivity index (χ0v) is 13.0. The molecule has 1 fully saturated rings. The van der Waals surface area contributed by atoms with Gasteiger partial charge in [0.1, 0.15) is 17.1 Å². The molecule has 116 valence electrons. The Hall–Kier alpha value is -1.63. The van der Waals surface area contributed by atoms with Crippen LogP contribution in [-0.4, -0.2) is 34.7 Å². The van der Waals surface area contributed by atoms with Gasteiger partial charge >= 0.3 is 12.0 Å². The van der Waals surface area contributed by atoms with Gasteiger partial charge in [-0.3, -0.25) is 0 Å². The van der Waals surface area contributed by atoms with Gasteiger partial charge in [0.25, 0.3) is 0 Å². The Bertz CT molecular complexity index is 529. The highest BCUT2D eigenvalue weighted by atomic mass is 32.2. The van der Waals surface area contributed by atoms with Crippen LogP contribution in [0.4, 0.5) is 4.79 Å². The molecular weight excluding hydrogens is 292 g/mol. The summed E-state index contributed by atoms with van der Waals surface area (Å²) in [6.07, 6.45) is 5.22. The Morgan fingerprint density at radius 1 is 1.48 bits per heavy atom. The van der Waals surface area contributed by atoms with Gasteiger partial charge in [0.15, 0.2) is 0 Å². The Labute approximate surface area is 127 Å². The lowest BCUT2D eigenvalue weighted by Crippen LogP contribution is -2.40. The van der Waals surface area contributed by atoms with Gasteiger partial charge in [-0.1, -0.05) is 0 Å². The first-order chi connectivity index (χ1) is 9.99. The molecule has 0 bridgehead atoms. The summed E-state index contributed by atoms with van der Waals surface area (Å²) in [6.45, 7) is 1.77. The molecule has 1 saturated carbocycles. The number of carbonyl (C=O) groups is 2. The lowest BCUT2D eigenvalue weighted by Gasteiger charge is -2.13. The summed E-state index contributed by atoms with van der Waals surface area (Å²) >= 11 is 1.84. The van der Waals surface area contributed by atoms with E-state index in [1.165, 1.54) is 6.07 Å². The van der Waals surface area contributed by atoms with Gasteiger partial charge in [-0.05, 0) is 38.5 Å². The first-order valence-electron chi connectivity index (χ1n) is 6.89. The number of hydrogen-bond acceptors (Lipinski definition) is 4. The number of carbonyl (C=O) groups excluding carboxylic acids is 1. The van der Waals surface area contributed by atoms with E-state index in [-0.39, 0.29) is 24.2 Å². The van der Waals surface area contributed by atoms with E-state index < -0.39 is 5.97 Å². The minimum atomic E-state index is -1.03. The van der Waals surface area contributed by atoms with Gasteiger partial charge in [-0.2, -0.15) is 11.8 Å². The van der Waals surface area contributed by atoms with E-state index >= 15 is 0 Å². The third-order valence-corrected chi connectivity index (χ3v) is 4.77. The minimum absolute atomic E-state index is 0.130. The predicted octanol–water partition coefficient (Wildman–Crippen LogP) is 2.37. The van der Waals surface area contributed by atoms with Crippen LogP contribution in [-0.2, 0) is 6.54 Å². The number of nitrogens with one attached hydrogen (secondary N) is 2. The summed E-state index contributed by atoms with van der Waals surface area (Å²) < 4.78 is 5.30. The first-order valence-corrected chi connectivity index (χ1v) is 8.18. The van der Waals surface area contributed by atoms with Crippen LogP contribution in [0, 0.1) is 6.92 Å². The van der Waals surface area contributed by atoms with E-state index in [4.69, 9.17) is 9.52 Å². The van der Waals surface area contributed by atoms with Gasteiger partial charge in [0.2, 0.25) is 0 Å². The van der Waals surface area contributed by atoms with E-state index in [0.717, 1.165) is 19.3 Å². The van der Waals surface area contributed by atoms with E-state index in [0.29, 0.717) is 16.8 Å². The number of urea groups is 1. The molecule has 1 aliphatic rings. The summed E-state index contributed by atoms with van der Waals surface area (Å²) in [6, 6.07) is 1.42. The quantitative estimate of drug-likeness (QED) is 0.776. The topological polar surface area (TPSA) is 91.6 Å². The molecule has 0 aromatic carbocycles. The summed E-state index contributed by atoms with van der Waals surface area (Å²) in [7, 11) is 0. The number of hydrogen-bond donors (Lipinski definition) is 3. The molecule has 1 aromatic heterocycles. The second-order valence-corrected chi connectivity index (χ2v) is 6.32. The number of furan rings is 1. The monoisotopic (exact) mass is 312 g/mol. The Morgan fingerprint density at radius 3 is 2.81 bits per heavy atom. The Balaban J connectivity index is 1.79. The third kappa shape index (κ3) is 4.17. The number of carboxylic acid groups (broad SMARTS) is 1. The van der Waals surface area contributed by atoms with Gasteiger partial charge < -0.3 is 20.2 Å². The summed E-state index contributed by atoms with van der Waals surface area (Å²) in [5, 5.41) is 15.2. The fourth-order valence-corrected chi connectivity index (χ4v) is 3.33. The highest BCUT2D eigenvalue weighted by Crippen LogP contribution is 2.28. The van der Waals surface area contributed by atoms with Crippen LogP contribution < -0.4 is 10.6 Å². The number of aryl methyl sites for hydroxylation is 1. The molecule has 0 saturated heterocycles. The molecular formula is C14H20N2O4S. The zero-order chi connectivity index (χ0) is 15.4. The molecule has 2 atom stereocenters. The zero-order valence-electron chi connectivity index (χ0n) is 12.1. The maximum absolute atomic E-state index is 11.8. The molecule has 0 aliphatic heterocycles. The van der Waals surface area contributed by atoms with Crippen molar-refractivity contribution < 1.29 is 19.1 Å². The molecule has 6 nitrogen and oxygen atoms in total. The number of thioether (sulfide) groups is 1. The second kappa shape index (κ2) is 6.89. The Morgan fingerprint density at radius 2 is 2.24 bits per heavy atom. The standard InChI is InChI=1S/C14H20N2O4S/c1-8-12(13(17)18)6-10(20-8)7-15-14(19)16-9-3-4-11(5-9)21-2/h6,9,11H,3-5,7H2,1-2H3,(H,17,18)(H2,15,16,19). The summed E-state index contributed by atoms with van der Waals surface area (Å²) in [5.74, 6) is -0.243. The van der Waals surface area contributed by atoms with Crippen molar-refractivity contribution in [3.8, 4) is 0 Å². The van der Waals surface area contributed by atoms with Crippen LogP contribution in [0.3, 0.4) is 0 Å². The van der Waals surface area contributed by atoms with Gasteiger partial charge in [0.05, 0.1) is 6.54 Å². The lowest BCUT2D eigenvalue weighted by atomic mass is 10.2. The van der Waals surface area contributed by atoms with E-state index in [2.05, 4.69) is 16.9 Å². The summed E-state index contributed by atoms with van der Waals surface area (Å²) in [4.78, 5) is 22.7. The Kier molecular flexibility index (Phi) is 5.17. The predicted molar refractivity (Wildman–Crippen MR) is 80.7 cm³/mol. The van der Waals surface area contributed by atoms with Crippen molar-refractivity contribution in [1.29, 1.82) is 0 Å². The number of rotatable bonds is 5. The molecule has 7 heteroatoms. The van der Waals surface area contributed by atoms with E-state index in [9.17, 15) is 9.59 Å². The van der Waals surface area contributed by atoms with Gasteiger partial charge in [-0.25, -0.2) is 9.59 Å². The smallest absolute Gasteiger partial charge is 0.339 e. The van der Waals surface area contributed by atoms with Crippen LogP contribution in [0.5, 0.6) is 0 Å². The van der Waals surface area contributed by atoms with Crippen LogP contribution in [0.1, 0.15) is 41.1 Å². The second-order valence-electron chi connectivity index (χ2n) is 5.18. The first kappa shape index (κ1) is 15.8. The highest BCUT2D eigenvalue weighted by Gasteiger charge is 2.25. The fourth-order valence-electron chi connectivity index (χ4n) is 2.53. The van der Waals surface area contributed by atoms with E-state index in [1.807, 2.05) is 11.8 Å². The molecule has 1 heterocycles. The highest BCUT2D eigenvalue weighted by molar-refractivity contribution is 7.99. The molecule has 2 amide bonds.